The Bertz CT molecular complexity index is 1520. The summed E-state index contributed by atoms with van der Waals surface area (Å²) in [5.41, 5.74) is 1.26. The average molecular weight is 606 g/mol. The van der Waals surface area contributed by atoms with Gasteiger partial charge in [0.15, 0.2) is 16.6 Å². The highest BCUT2D eigenvalue weighted by Gasteiger charge is 2.35. The Kier molecular flexibility index (Phi) is 8.76. The number of halogens is 3. The van der Waals surface area contributed by atoms with Gasteiger partial charge in [-0.1, -0.05) is 53.0 Å². The topological polar surface area (TPSA) is 105 Å². The van der Waals surface area contributed by atoms with E-state index in [0.717, 1.165) is 4.90 Å². The predicted molar refractivity (Wildman–Crippen MR) is 153 cm³/mol. The molecule has 1 heterocycles. The van der Waals surface area contributed by atoms with E-state index in [1.165, 1.54) is 24.3 Å². The number of hydrogen-bond acceptors (Lipinski definition) is 6. The summed E-state index contributed by atoms with van der Waals surface area (Å²) in [5.74, 6) is -1.89. The zero-order valence-electron chi connectivity index (χ0n) is 20.2. The number of carbonyl (C=O) groups excluding carboxylic acids is 2. The molecule has 3 aromatic carbocycles. The molecule has 0 bridgehead atoms. The lowest BCUT2D eigenvalue weighted by atomic mass is 10.1. The fourth-order valence-electron chi connectivity index (χ4n) is 3.68. The third-order valence-electron chi connectivity index (χ3n) is 5.50. The minimum atomic E-state index is -1.03. The Labute approximate surface area is 243 Å². The fraction of sp³-hybridized carbons (Fsp3) is 0.111. The van der Waals surface area contributed by atoms with Gasteiger partial charge in [-0.2, -0.15) is 0 Å². The number of ether oxygens (including phenoxy) is 2. The van der Waals surface area contributed by atoms with Crippen LogP contribution in [-0.2, 0) is 16.2 Å². The van der Waals surface area contributed by atoms with Crippen LogP contribution in [-0.4, -0.2) is 34.6 Å². The zero-order valence-corrected chi connectivity index (χ0v) is 23.2. The van der Waals surface area contributed by atoms with Crippen LogP contribution in [0.15, 0.2) is 60.2 Å². The first-order valence-electron chi connectivity index (χ1n) is 11.4. The van der Waals surface area contributed by atoms with Crippen molar-refractivity contribution in [2.24, 2.45) is 0 Å². The molecule has 4 rings (SSSR count). The van der Waals surface area contributed by atoms with E-state index < -0.39 is 17.8 Å². The summed E-state index contributed by atoms with van der Waals surface area (Å²) in [5, 5.41) is 11.9. The minimum Gasteiger partial charge on any atom is -0.490 e. The molecule has 0 spiro atoms. The normalized spacial score (nSPS) is 14.4. The smallest absolute Gasteiger partial charge is 0.335 e. The molecule has 1 fully saturated rings. The van der Waals surface area contributed by atoms with Crippen LogP contribution in [0, 0.1) is 0 Å². The number of aromatic carboxylic acids is 1. The maximum atomic E-state index is 13.4. The number of hydrogen-bond donors (Lipinski definition) is 2. The first-order chi connectivity index (χ1) is 18.6. The van der Waals surface area contributed by atoms with Gasteiger partial charge < -0.3 is 14.6 Å². The quantitative estimate of drug-likeness (QED) is 0.180. The number of rotatable bonds is 8. The summed E-state index contributed by atoms with van der Waals surface area (Å²) in [4.78, 5) is 38.3. The lowest BCUT2D eigenvalue weighted by Gasteiger charge is -2.29. The second-order valence-electron chi connectivity index (χ2n) is 8.08. The van der Waals surface area contributed by atoms with E-state index in [0.29, 0.717) is 11.1 Å². The predicted octanol–water partition coefficient (Wildman–Crippen LogP) is 6.15. The molecule has 0 radical (unpaired) electrons. The molecular formula is C27H19Cl3N2O6S. The molecular weight excluding hydrogens is 587 g/mol. The summed E-state index contributed by atoms with van der Waals surface area (Å²) < 4.78 is 11.6. The van der Waals surface area contributed by atoms with E-state index >= 15 is 0 Å². The van der Waals surface area contributed by atoms with Gasteiger partial charge in [0.1, 0.15) is 12.2 Å². The van der Waals surface area contributed by atoms with Crippen LogP contribution in [0.3, 0.4) is 0 Å². The van der Waals surface area contributed by atoms with Crippen molar-refractivity contribution in [1.29, 1.82) is 0 Å². The van der Waals surface area contributed by atoms with Gasteiger partial charge in [0, 0.05) is 0 Å². The highest BCUT2D eigenvalue weighted by molar-refractivity contribution is 7.80. The van der Waals surface area contributed by atoms with Crippen molar-refractivity contribution in [1.82, 2.24) is 5.32 Å². The first-order valence-corrected chi connectivity index (χ1v) is 12.9. The van der Waals surface area contributed by atoms with E-state index in [9.17, 15) is 14.4 Å². The molecule has 0 aliphatic carbocycles. The van der Waals surface area contributed by atoms with Gasteiger partial charge in [-0.05, 0) is 72.7 Å². The number of amides is 2. The summed E-state index contributed by atoms with van der Waals surface area (Å²) >= 11 is 24.1. The molecule has 0 aromatic heterocycles. The number of nitrogens with zero attached hydrogens (tertiary/aromatic N) is 1. The SMILES string of the molecule is CCOc1cc(/C=C2\C(=O)NC(=S)N(c3cccc(Cl)c3Cl)C2=O)cc(Cl)c1OCc1ccc(C(=O)O)cc1. The number of carboxylic acid groups (broad SMARTS) is 1. The van der Waals surface area contributed by atoms with E-state index in [4.69, 9.17) is 61.6 Å². The van der Waals surface area contributed by atoms with Crippen LogP contribution in [0.2, 0.25) is 15.1 Å². The maximum absolute atomic E-state index is 13.4. The Morgan fingerprint density at radius 1 is 1.05 bits per heavy atom. The van der Waals surface area contributed by atoms with Crippen molar-refractivity contribution in [2.45, 2.75) is 13.5 Å². The Morgan fingerprint density at radius 3 is 2.44 bits per heavy atom. The monoisotopic (exact) mass is 604 g/mol. The van der Waals surface area contributed by atoms with Gasteiger partial charge in [-0.3, -0.25) is 19.8 Å². The number of nitrogens with one attached hydrogen (secondary N) is 1. The van der Waals surface area contributed by atoms with Crippen LogP contribution >= 0.6 is 47.0 Å². The Morgan fingerprint density at radius 2 is 1.77 bits per heavy atom. The molecule has 0 saturated carbocycles. The van der Waals surface area contributed by atoms with Gasteiger partial charge >= 0.3 is 5.97 Å². The fourth-order valence-corrected chi connectivity index (χ4v) is 4.61. The molecule has 3 aromatic rings. The molecule has 0 unspecified atom stereocenters. The minimum absolute atomic E-state index is 0.0911. The number of carboxylic acids is 1. The second-order valence-corrected chi connectivity index (χ2v) is 9.66. The lowest BCUT2D eigenvalue weighted by molar-refractivity contribution is -0.122. The zero-order chi connectivity index (χ0) is 28.3. The number of anilines is 1. The maximum Gasteiger partial charge on any atom is 0.335 e. The van der Waals surface area contributed by atoms with Gasteiger partial charge in [0.2, 0.25) is 0 Å². The third kappa shape index (κ3) is 6.17. The summed E-state index contributed by atoms with van der Waals surface area (Å²) in [6, 6.07) is 14.0. The van der Waals surface area contributed by atoms with Gasteiger partial charge in [-0.15, -0.1) is 0 Å². The summed E-state index contributed by atoms with van der Waals surface area (Å²) in [7, 11) is 0. The summed E-state index contributed by atoms with van der Waals surface area (Å²) in [6.45, 7) is 2.15. The highest BCUT2D eigenvalue weighted by atomic mass is 35.5. The molecule has 1 aliphatic heterocycles. The van der Waals surface area contributed by atoms with Crippen LogP contribution in [0.5, 0.6) is 11.5 Å². The molecule has 8 nitrogen and oxygen atoms in total. The first kappa shape index (κ1) is 28.4. The largest absolute Gasteiger partial charge is 0.490 e. The van der Waals surface area contributed by atoms with Crippen LogP contribution in [0.1, 0.15) is 28.4 Å². The molecule has 1 saturated heterocycles. The standard InChI is InChI=1S/C27H19Cl3N2O6S/c1-2-37-21-12-15(11-19(29)23(21)38-13-14-6-8-16(9-7-14)26(35)36)10-17-24(33)31-27(39)32(25(17)34)20-5-3-4-18(28)22(20)30/h3-12H,2,13H2,1H3,(H,35,36)(H,31,33,39)/b17-10+. The highest BCUT2D eigenvalue weighted by Crippen LogP contribution is 2.39. The van der Waals surface area contributed by atoms with Gasteiger partial charge in [0.05, 0.1) is 32.9 Å². The van der Waals surface area contributed by atoms with Gasteiger partial charge in [-0.25, -0.2) is 4.79 Å². The lowest BCUT2D eigenvalue weighted by Crippen LogP contribution is -2.54. The van der Waals surface area contributed by atoms with Crippen LogP contribution in [0.4, 0.5) is 5.69 Å². The molecule has 39 heavy (non-hydrogen) atoms. The Hall–Kier alpha value is -3.63. The molecule has 200 valence electrons. The molecule has 2 N–H and O–H groups in total. The van der Waals surface area contributed by atoms with Crippen LogP contribution < -0.4 is 19.7 Å². The van der Waals surface area contributed by atoms with Crippen molar-refractivity contribution < 1.29 is 29.0 Å². The van der Waals surface area contributed by atoms with E-state index in [-0.39, 0.29) is 61.7 Å². The number of thiocarbonyl (C=S) groups is 1. The van der Waals surface area contributed by atoms with Gasteiger partial charge in [0.25, 0.3) is 11.8 Å². The van der Waals surface area contributed by atoms with E-state index in [1.807, 2.05) is 0 Å². The molecule has 2 amide bonds. The number of carbonyl (C=O) groups is 3. The van der Waals surface area contributed by atoms with Crippen molar-refractivity contribution in [3.8, 4) is 11.5 Å². The molecule has 12 heteroatoms. The Balaban J connectivity index is 1.65. The number of benzene rings is 3. The molecule has 1 aliphatic rings. The van der Waals surface area contributed by atoms with Crippen molar-refractivity contribution >= 4 is 81.7 Å². The van der Waals surface area contributed by atoms with Crippen molar-refractivity contribution in [2.75, 3.05) is 11.5 Å². The second kappa shape index (κ2) is 12.0. The van der Waals surface area contributed by atoms with Crippen LogP contribution in [0.25, 0.3) is 6.08 Å². The average Bonchev–Trinajstić information content (AvgIpc) is 2.89. The van der Waals surface area contributed by atoms with E-state index in [1.54, 1.807) is 43.3 Å². The van der Waals surface area contributed by atoms with Crippen molar-refractivity contribution in [3.63, 3.8) is 0 Å². The van der Waals surface area contributed by atoms with Crippen molar-refractivity contribution in [3.05, 3.63) is 91.9 Å². The summed E-state index contributed by atoms with van der Waals surface area (Å²) in [6.07, 6.45) is 1.35. The molecule has 0 atom stereocenters. The third-order valence-corrected chi connectivity index (χ3v) is 6.87. The van der Waals surface area contributed by atoms with E-state index in [2.05, 4.69) is 5.32 Å².